The lowest BCUT2D eigenvalue weighted by Crippen LogP contribution is -2.39. The minimum atomic E-state index is -0.819. The molecule has 0 unspecified atom stereocenters. The lowest BCUT2D eigenvalue weighted by atomic mass is 9.95. The topological polar surface area (TPSA) is 114 Å². The van der Waals surface area contributed by atoms with Gasteiger partial charge in [0.25, 0.3) is 11.7 Å². The fourth-order valence-electron chi connectivity index (χ4n) is 5.19. The highest BCUT2D eigenvalue weighted by Gasteiger charge is 2.46. The molecule has 2 aliphatic rings. The number of Topliss-reactive ketones (excluding diaryl/α,β-unsaturated/α-hetero) is 1. The van der Waals surface area contributed by atoms with Gasteiger partial charge in [-0.3, -0.25) is 18.9 Å². The van der Waals surface area contributed by atoms with Gasteiger partial charge in [-0.2, -0.15) is 0 Å². The van der Waals surface area contributed by atoms with Crippen LogP contribution >= 0.6 is 0 Å². The summed E-state index contributed by atoms with van der Waals surface area (Å²) in [7, 11) is 1.30. The number of likely N-dealkylation sites (tertiary alicyclic amines) is 1. The second-order valence-corrected chi connectivity index (χ2v) is 9.39. The van der Waals surface area contributed by atoms with E-state index < -0.39 is 23.7 Å². The largest absolute Gasteiger partial charge is 0.505 e. The minimum absolute atomic E-state index is 0.000874. The molecule has 38 heavy (non-hydrogen) atoms. The number of nitrogens with zero attached hydrogens (tertiary/aromatic N) is 4. The Bertz CT molecular complexity index is 1400. The molecule has 3 aromatic rings. The SMILES string of the molecule is COC(=O)c1ccc([C@H]2C(=C(O)c3c(C)nc4ccccn34)C(=O)C(=O)N2CCCN2CCOCC2)cc1. The van der Waals surface area contributed by atoms with Crippen molar-refractivity contribution in [2.24, 2.45) is 0 Å². The van der Waals surface area contributed by atoms with E-state index in [2.05, 4.69) is 9.88 Å². The van der Waals surface area contributed by atoms with Crippen LogP contribution in [-0.4, -0.2) is 88.5 Å². The molecule has 10 nitrogen and oxygen atoms in total. The van der Waals surface area contributed by atoms with E-state index in [-0.39, 0.29) is 11.3 Å². The number of imidazole rings is 1. The molecule has 1 atom stereocenters. The van der Waals surface area contributed by atoms with Gasteiger partial charge >= 0.3 is 5.97 Å². The Morgan fingerprint density at radius 2 is 1.84 bits per heavy atom. The Balaban J connectivity index is 1.55. The number of fused-ring (bicyclic) bond motifs is 1. The van der Waals surface area contributed by atoms with E-state index in [0.717, 1.165) is 19.6 Å². The number of pyridine rings is 1. The first kappa shape index (κ1) is 25.6. The summed E-state index contributed by atoms with van der Waals surface area (Å²) in [6.45, 7) is 5.84. The highest BCUT2D eigenvalue weighted by atomic mass is 16.5. The zero-order valence-electron chi connectivity index (χ0n) is 21.4. The van der Waals surface area contributed by atoms with E-state index in [4.69, 9.17) is 9.47 Å². The molecular formula is C28H30N4O6. The van der Waals surface area contributed by atoms with Crippen LogP contribution < -0.4 is 0 Å². The van der Waals surface area contributed by atoms with E-state index in [0.29, 0.717) is 54.3 Å². The van der Waals surface area contributed by atoms with Crippen molar-refractivity contribution in [2.45, 2.75) is 19.4 Å². The fourth-order valence-corrected chi connectivity index (χ4v) is 5.19. The molecule has 0 bridgehead atoms. The van der Waals surface area contributed by atoms with Gasteiger partial charge in [-0.15, -0.1) is 0 Å². The van der Waals surface area contributed by atoms with Crippen LogP contribution in [0.3, 0.4) is 0 Å². The number of aliphatic hydroxyl groups excluding tert-OH is 1. The van der Waals surface area contributed by atoms with Crippen molar-refractivity contribution in [3.63, 3.8) is 0 Å². The highest BCUT2D eigenvalue weighted by Crippen LogP contribution is 2.40. The van der Waals surface area contributed by atoms with Crippen LogP contribution in [0, 0.1) is 6.92 Å². The Labute approximate surface area is 220 Å². The molecule has 1 N–H and O–H groups in total. The van der Waals surface area contributed by atoms with Crippen molar-refractivity contribution in [3.05, 3.63) is 76.7 Å². The Morgan fingerprint density at radius 3 is 2.55 bits per heavy atom. The maximum absolute atomic E-state index is 13.4. The predicted octanol–water partition coefficient (Wildman–Crippen LogP) is 2.57. The lowest BCUT2D eigenvalue weighted by Gasteiger charge is -2.29. The summed E-state index contributed by atoms with van der Waals surface area (Å²) >= 11 is 0. The van der Waals surface area contributed by atoms with Crippen LogP contribution in [0.2, 0.25) is 0 Å². The monoisotopic (exact) mass is 518 g/mol. The molecule has 0 saturated carbocycles. The van der Waals surface area contributed by atoms with Gasteiger partial charge in [0.1, 0.15) is 11.3 Å². The maximum Gasteiger partial charge on any atom is 0.337 e. The van der Waals surface area contributed by atoms with Crippen molar-refractivity contribution < 1.29 is 29.0 Å². The molecule has 1 aromatic carbocycles. The summed E-state index contributed by atoms with van der Waals surface area (Å²) in [6.07, 6.45) is 2.40. The second kappa shape index (κ2) is 10.8. The number of aromatic nitrogens is 2. The van der Waals surface area contributed by atoms with E-state index >= 15 is 0 Å². The number of hydrogen-bond donors (Lipinski definition) is 1. The molecule has 0 aliphatic carbocycles. The van der Waals surface area contributed by atoms with Crippen LogP contribution in [0.5, 0.6) is 0 Å². The molecule has 10 heteroatoms. The summed E-state index contributed by atoms with van der Waals surface area (Å²) < 4.78 is 11.9. The third kappa shape index (κ3) is 4.68. The maximum atomic E-state index is 13.4. The third-order valence-electron chi connectivity index (χ3n) is 7.09. The van der Waals surface area contributed by atoms with Crippen LogP contribution in [0.15, 0.2) is 54.2 Å². The van der Waals surface area contributed by atoms with Gasteiger partial charge in [0.15, 0.2) is 5.76 Å². The molecule has 2 aliphatic heterocycles. The van der Waals surface area contributed by atoms with Crippen LogP contribution in [0.4, 0.5) is 0 Å². The second-order valence-electron chi connectivity index (χ2n) is 9.39. The number of hydrogen-bond acceptors (Lipinski definition) is 8. The van der Waals surface area contributed by atoms with Crippen LogP contribution in [0.25, 0.3) is 11.4 Å². The first-order valence-corrected chi connectivity index (χ1v) is 12.6. The van der Waals surface area contributed by atoms with Crippen LogP contribution in [0.1, 0.15) is 39.8 Å². The van der Waals surface area contributed by atoms with E-state index in [1.807, 2.05) is 6.07 Å². The summed E-state index contributed by atoms with van der Waals surface area (Å²) in [5, 5.41) is 11.6. The number of amides is 1. The highest BCUT2D eigenvalue weighted by molar-refractivity contribution is 6.46. The Hall–Kier alpha value is -4.02. The number of benzene rings is 1. The Kier molecular flexibility index (Phi) is 7.26. The number of carbonyl (C=O) groups excluding carboxylic acids is 3. The van der Waals surface area contributed by atoms with Crippen LogP contribution in [-0.2, 0) is 19.1 Å². The first-order chi connectivity index (χ1) is 18.4. The Morgan fingerprint density at radius 1 is 1.11 bits per heavy atom. The molecule has 0 radical (unpaired) electrons. The summed E-state index contributed by atoms with van der Waals surface area (Å²) in [5.74, 6) is -2.18. The lowest BCUT2D eigenvalue weighted by molar-refractivity contribution is -0.140. The number of ketones is 1. The standard InChI is InChI=1S/C28H30N4O6/c1-18-23(31-12-4-3-6-21(31)29-18)25(33)22-24(19-7-9-20(10-8-19)28(36)37-2)32(27(35)26(22)34)13-5-11-30-14-16-38-17-15-30/h3-4,6-10,12,24,33H,5,11,13-17H2,1-2H3/t24-/m0/s1. The third-order valence-corrected chi connectivity index (χ3v) is 7.09. The molecule has 0 spiro atoms. The quantitative estimate of drug-likeness (QED) is 0.220. The predicted molar refractivity (Wildman–Crippen MR) is 139 cm³/mol. The van der Waals surface area contributed by atoms with Gasteiger partial charge in [-0.1, -0.05) is 18.2 Å². The van der Waals surface area contributed by atoms with Crippen molar-refractivity contribution >= 4 is 29.1 Å². The first-order valence-electron chi connectivity index (χ1n) is 12.6. The minimum Gasteiger partial charge on any atom is -0.505 e. The molecule has 2 fully saturated rings. The number of morpholine rings is 1. The van der Waals surface area contributed by atoms with Gasteiger partial charge in [0.05, 0.1) is 43.2 Å². The number of aliphatic hydroxyl groups is 1. The zero-order valence-corrected chi connectivity index (χ0v) is 21.4. The van der Waals surface area contributed by atoms with Crippen molar-refractivity contribution in [1.29, 1.82) is 0 Å². The van der Waals surface area contributed by atoms with Gasteiger partial charge in [-0.25, -0.2) is 9.78 Å². The molecule has 5 rings (SSSR count). The number of ether oxygens (including phenoxy) is 2. The average molecular weight is 519 g/mol. The molecule has 198 valence electrons. The average Bonchev–Trinajstić information content (AvgIpc) is 3.41. The molecule has 4 heterocycles. The summed E-state index contributed by atoms with van der Waals surface area (Å²) in [6, 6.07) is 11.2. The molecule has 2 aromatic heterocycles. The van der Waals surface area contributed by atoms with Crippen molar-refractivity contribution in [3.8, 4) is 0 Å². The number of methoxy groups -OCH3 is 1. The van der Waals surface area contributed by atoms with E-state index in [9.17, 15) is 19.5 Å². The van der Waals surface area contributed by atoms with Gasteiger partial charge in [0, 0.05) is 32.4 Å². The van der Waals surface area contributed by atoms with Crippen molar-refractivity contribution in [1.82, 2.24) is 19.2 Å². The fraction of sp³-hybridized carbons (Fsp3) is 0.357. The van der Waals surface area contributed by atoms with Gasteiger partial charge in [-0.05, 0) is 43.2 Å². The van der Waals surface area contributed by atoms with E-state index in [1.54, 1.807) is 53.9 Å². The van der Waals surface area contributed by atoms with Gasteiger partial charge in [0.2, 0.25) is 0 Å². The number of aryl methyl sites for hydroxylation is 1. The van der Waals surface area contributed by atoms with E-state index in [1.165, 1.54) is 12.0 Å². The number of carbonyl (C=O) groups is 3. The summed E-state index contributed by atoms with van der Waals surface area (Å²) in [4.78, 5) is 47.0. The normalized spacial score (nSPS) is 19.8. The summed E-state index contributed by atoms with van der Waals surface area (Å²) in [5.41, 5.74) is 2.47. The number of esters is 1. The van der Waals surface area contributed by atoms with Crippen molar-refractivity contribution in [2.75, 3.05) is 46.5 Å². The molecular weight excluding hydrogens is 488 g/mol. The smallest absolute Gasteiger partial charge is 0.337 e. The number of rotatable bonds is 7. The molecule has 1 amide bonds. The molecule has 2 saturated heterocycles. The zero-order chi connectivity index (χ0) is 26.8. The van der Waals surface area contributed by atoms with Gasteiger partial charge < -0.3 is 19.5 Å².